The summed E-state index contributed by atoms with van der Waals surface area (Å²) < 4.78 is 13.8. The standard InChI is InChI=1S/C23H33N5O2/c1-24-23(25-17-19-6-4-7-20(16-19)28-12-5-11-26-28)27-13-9-21(10-14-27)30-18-22-8-2-3-15-29-22/h4-7,11-12,16,21-22H,2-3,8-10,13-15,17-18H2,1H3,(H,24,25). The van der Waals surface area contributed by atoms with Gasteiger partial charge < -0.3 is 19.7 Å². The van der Waals surface area contributed by atoms with Gasteiger partial charge in [0, 0.05) is 45.7 Å². The summed E-state index contributed by atoms with van der Waals surface area (Å²) in [6, 6.07) is 10.3. The first-order valence-electron chi connectivity index (χ1n) is 11.1. The van der Waals surface area contributed by atoms with Gasteiger partial charge in [0.15, 0.2) is 5.96 Å². The lowest BCUT2D eigenvalue weighted by molar-refractivity contribution is -0.0721. The first-order chi connectivity index (χ1) is 14.8. The number of hydrogen-bond acceptors (Lipinski definition) is 4. The molecule has 30 heavy (non-hydrogen) atoms. The molecule has 0 spiro atoms. The Morgan fingerprint density at radius 3 is 2.87 bits per heavy atom. The van der Waals surface area contributed by atoms with E-state index in [1.807, 2.05) is 24.0 Å². The van der Waals surface area contributed by atoms with Crippen molar-refractivity contribution in [1.29, 1.82) is 0 Å². The third kappa shape index (κ3) is 5.61. The van der Waals surface area contributed by atoms with E-state index in [1.54, 1.807) is 6.20 Å². The van der Waals surface area contributed by atoms with E-state index < -0.39 is 0 Å². The van der Waals surface area contributed by atoms with Crippen molar-refractivity contribution < 1.29 is 9.47 Å². The summed E-state index contributed by atoms with van der Waals surface area (Å²) in [7, 11) is 1.85. The van der Waals surface area contributed by atoms with Crippen LogP contribution in [0.1, 0.15) is 37.7 Å². The molecule has 0 bridgehead atoms. The largest absolute Gasteiger partial charge is 0.376 e. The van der Waals surface area contributed by atoms with Crippen LogP contribution in [-0.2, 0) is 16.0 Å². The van der Waals surface area contributed by atoms with Gasteiger partial charge in [0.05, 0.1) is 24.5 Å². The van der Waals surface area contributed by atoms with Gasteiger partial charge in [-0.3, -0.25) is 4.99 Å². The highest BCUT2D eigenvalue weighted by Crippen LogP contribution is 2.18. The first-order valence-corrected chi connectivity index (χ1v) is 11.1. The molecule has 2 saturated heterocycles. The molecule has 1 unspecified atom stereocenters. The van der Waals surface area contributed by atoms with Crippen LogP contribution in [-0.4, -0.2) is 66.2 Å². The molecule has 1 N–H and O–H groups in total. The zero-order chi connectivity index (χ0) is 20.6. The highest BCUT2D eigenvalue weighted by Gasteiger charge is 2.23. The van der Waals surface area contributed by atoms with Gasteiger partial charge in [-0.2, -0.15) is 5.10 Å². The van der Waals surface area contributed by atoms with Crippen LogP contribution in [0.25, 0.3) is 5.69 Å². The highest BCUT2D eigenvalue weighted by atomic mass is 16.5. The van der Waals surface area contributed by atoms with E-state index in [1.165, 1.54) is 18.4 Å². The number of likely N-dealkylation sites (tertiary alicyclic amines) is 1. The minimum absolute atomic E-state index is 0.295. The molecule has 7 heteroatoms. The molecule has 2 aromatic rings. The molecule has 2 fully saturated rings. The van der Waals surface area contributed by atoms with Crippen molar-refractivity contribution in [2.24, 2.45) is 4.99 Å². The van der Waals surface area contributed by atoms with Gasteiger partial charge in [-0.25, -0.2) is 4.68 Å². The van der Waals surface area contributed by atoms with E-state index in [0.717, 1.165) is 63.8 Å². The van der Waals surface area contributed by atoms with E-state index in [0.29, 0.717) is 12.2 Å². The number of piperidine rings is 1. The quantitative estimate of drug-likeness (QED) is 0.585. The van der Waals surface area contributed by atoms with E-state index >= 15 is 0 Å². The van der Waals surface area contributed by atoms with E-state index in [9.17, 15) is 0 Å². The predicted octanol–water partition coefficient (Wildman–Crippen LogP) is 3.00. The van der Waals surface area contributed by atoms with Gasteiger partial charge >= 0.3 is 0 Å². The second kappa shape index (κ2) is 10.6. The van der Waals surface area contributed by atoms with Crippen molar-refractivity contribution in [3.8, 4) is 5.69 Å². The third-order valence-corrected chi connectivity index (χ3v) is 5.88. The number of ether oxygens (including phenoxy) is 2. The maximum absolute atomic E-state index is 6.14. The lowest BCUT2D eigenvalue weighted by Gasteiger charge is -2.35. The number of rotatable bonds is 6. The summed E-state index contributed by atoms with van der Waals surface area (Å²) in [6.07, 6.45) is 10.0. The summed E-state index contributed by atoms with van der Waals surface area (Å²) in [5.74, 6) is 0.952. The molecule has 4 rings (SSSR count). The Kier molecular flexibility index (Phi) is 7.37. The number of aromatic nitrogens is 2. The van der Waals surface area contributed by atoms with Gasteiger partial charge in [0.2, 0.25) is 0 Å². The number of aliphatic imine (C=N–C) groups is 1. The lowest BCUT2D eigenvalue weighted by atomic mass is 10.1. The Labute approximate surface area is 179 Å². The molecule has 1 aromatic heterocycles. The molecule has 162 valence electrons. The zero-order valence-corrected chi connectivity index (χ0v) is 17.9. The van der Waals surface area contributed by atoms with E-state index in [4.69, 9.17) is 9.47 Å². The molecule has 1 aromatic carbocycles. The lowest BCUT2D eigenvalue weighted by Crippen LogP contribution is -2.47. The SMILES string of the molecule is CN=C(NCc1cccc(-n2cccn2)c1)N1CCC(OCC2CCCCO2)CC1. The van der Waals surface area contributed by atoms with Gasteiger partial charge in [-0.15, -0.1) is 0 Å². The van der Waals surface area contributed by atoms with Crippen LogP contribution in [0.15, 0.2) is 47.7 Å². The van der Waals surface area contributed by atoms with Crippen molar-refractivity contribution in [3.05, 3.63) is 48.3 Å². The maximum Gasteiger partial charge on any atom is 0.193 e. The Morgan fingerprint density at radius 2 is 2.13 bits per heavy atom. The summed E-state index contributed by atoms with van der Waals surface area (Å²) >= 11 is 0. The predicted molar refractivity (Wildman–Crippen MR) is 118 cm³/mol. The monoisotopic (exact) mass is 411 g/mol. The van der Waals surface area contributed by atoms with Crippen LogP contribution >= 0.6 is 0 Å². The van der Waals surface area contributed by atoms with Crippen molar-refractivity contribution in [3.63, 3.8) is 0 Å². The Morgan fingerprint density at radius 1 is 1.23 bits per heavy atom. The molecule has 2 aliphatic heterocycles. The Hall–Kier alpha value is -2.38. The maximum atomic E-state index is 6.14. The second-order valence-electron chi connectivity index (χ2n) is 8.03. The van der Waals surface area contributed by atoms with Crippen LogP contribution in [0.3, 0.4) is 0 Å². The molecule has 0 aliphatic carbocycles. The number of nitrogens with one attached hydrogen (secondary N) is 1. The van der Waals surface area contributed by atoms with Crippen LogP contribution < -0.4 is 5.32 Å². The smallest absolute Gasteiger partial charge is 0.193 e. The fourth-order valence-corrected chi connectivity index (χ4v) is 4.16. The van der Waals surface area contributed by atoms with Gasteiger partial charge in [0.1, 0.15) is 0 Å². The van der Waals surface area contributed by atoms with E-state index in [-0.39, 0.29) is 0 Å². The Bertz CT molecular complexity index is 794. The molecule has 3 heterocycles. The highest BCUT2D eigenvalue weighted by molar-refractivity contribution is 5.80. The molecular weight excluding hydrogens is 378 g/mol. The average molecular weight is 412 g/mol. The van der Waals surface area contributed by atoms with E-state index in [2.05, 4.69) is 44.6 Å². The third-order valence-electron chi connectivity index (χ3n) is 5.88. The first kappa shape index (κ1) is 20.9. The minimum atomic E-state index is 0.295. The molecular formula is C23H33N5O2. The van der Waals surface area contributed by atoms with Crippen LogP contribution in [0, 0.1) is 0 Å². The summed E-state index contributed by atoms with van der Waals surface area (Å²) in [4.78, 5) is 6.82. The molecule has 7 nitrogen and oxygen atoms in total. The van der Waals surface area contributed by atoms with Gasteiger partial charge in [-0.1, -0.05) is 12.1 Å². The molecule has 0 amide bonds. The normalized spacial score (nSPS) is 21.0. The van der Waals surface area contributed by atoms with Crippen molar-refractivity contribution in [2.75, 3.05) is 33.4 Å². The zero-order valence-electron chi connectivity index (χ0n) is 17.9. The number of nitrogens with zero attached hydrogens (tertiary/aromatic N) is 4. The molecule has 0 radical (unpaired) electrons. The van der Waals surface area contributed by atoms with Crippen molar-refractivity contribution in [2.45, 2.75) is 50.9 Å². The van der Waals surface area contributed by atoms with Crippen LogP contribution in [0.4, 0.5) is 0 Å². The molecule has 1 atom stereocenters. The van der Waals surface area contributed by atoms with Gasteiger partial charge in [0.25, 0.3) is 0 Å². The van der Waals surface area contributed by atoms with Crippen molar-refractivity contribution in [1.82, 2.24) is 20.0 Å². The molecule has 2 aliphatic rings. The average Bonchev–Trinajstić information content (AvgIpc) is 3.35. The fourth-order valence-electron chi connectivity index (χ4n) is 4.16. The summed E-state index contributed by atoms with van der Waals surface area (Å²) in [5, 5.41) is 7.82. The number of guanidine groups is 1. The topological polar surface area (TPSA) is 63.9 Å². The number of hydrogen-bond donors (Lipinski definition) is 1. The molecule has 0 saturated carbocycles. The van der Waals surface area contributed by atoms with Gasteiger partial charge in [-0.05, 0) is 55.9 Å². The summed E-state index contributed by atoms with van der Waals surface area (Å²) in [6.45, 7) is 4.28. The van der Waals surface area contributed by atoms with Crippen LogP contribution in [0.2, 0.25) is 0 Å². The van der Waals surface area contributed by atoms with Crippen LogP contribution in [0.5, 0.6) is 0 Å². The Balaban J connectivity index is 1.23. The minimum Gasteiger partial charge on any atom is -0.376 e. The fraction of sp³-hybridized carbons (Fsp3) is 0.565. The summed E-state index contributed by atoms with van der Waals surface area (Å²) in [5.41, 5.74) is 2.27. The van der Waals surface area contributed by atoms with Crippen molar-refractivity contribution >= 4 is 5.96 Å². The second-order valence-corrected chi connectivity index (χ2v) is 8.03. The number of benzene rings is 1.